The van der Waals surface area contributed by atoms with Gasteiger partial charge in [0.25, 0.3) is 0 Å². The van der Waals surface area contributed by atoms with Crippen molar-refractivity contribution >= 4 is 11.2 Å². The molecule has 2 aromatic rings. The molecule has 0 atom stereocenters. The van der Waals surface area contributed by atoms with E-state index in [0.29, 0.717) is 0 Å². The van der Waals surface area contributed by atoms with Crippen molar-refractivity contribution in [3.8, 4) is 0 Å². The average Bonchev–Trinajstić information content (AvgIpc) is 3.09. The van der Waals surface area contributed by atoms with Crippen LogP contribution in [0.2, 0.25) is 0 Å². The quantitative estimate of drug-likeness (QED) is 0.734. The van der Waals surface area contributed by atoms with Gasteiger partial charge in [-0.05, 0) is 31.7 Å². The number of aromatic nitrogens is 3. The van der Waals surface area contributed by atoms with Crippen LogP contribution < -0.4 is 0 Å². The largest absolute Gasteiger partial charge is 0.331 e. The van der Waals surface area contributed by atoms with Gasteiger partial charge in [0.15, 0.2) is 5.65 Å². The predicted octanol–water partition coefficient (Wildman–Crippen LogP) is 3.18. The summed E-state index contributed by atoms with van der Waals surface area (Å²) in [5.41, 5.74) is 4.43. The van der Waals surface area contributed by atoms with E-state index in [2.05, 4.69) is 27.6 Å². The summed E-state index contributed by atoms with van der Waals surface area (Å²) in [7, 11) is 2.09. The van der Waals surface area contributed by atoms with Crippen molar-refractivity contribution in [1.82, 2.24) is 14.5 Å². The van der Waals surface area contributed by atoms with E-state index in [9.17, 15) is 0 Å². The summed E-state index contributed by atoms with van der Waals surface area (Å²) in [6.07, 6.45) is 4.48. The Kier molecular flexibility index (Phi) is 2.95. The van der Waals surface area contributed by atoms with Gasteiger partial charge in [-0.2, -0.15) is 0 Å². The van der Waals surface area contributed by atoms with Gasteiger partial charge in [0.1, 0.15) is 5.52 Å². The first-order valence-corrected chi connectivity index (χ1v) is 6.04. The topological polar surface area (TPSA) is 30.7 Å². The normalized spacial score (nSPS) is 14.8. The van der Waals surface area contributed by atoms with Crippen LogP contribution >= 0.6 is 0 Å². The van der Waals surface area contributed by atoms with Crippen LogP contribution in [0.3, 0.4) is 0 Å². The Balaban J connectivity index is 0.000000457. The van der Waals surface area contributed by atoms with E-state index in [1.165, 1.54) is 18.5 Å². The summed E-state index contributed by atoms with van der Waals surface area (Å²) >= 11 is 0. The minimum Gasteiger partial charge on any atom is -0.331 e. The molecule has 3 heteroatoms. The van der Waals surface area contributed by atoms with Crippen LogP contribution in [0, 0.1) is 6.92 Å². The molecule has 1 aliphatic rings. The zero-order valence-electron chi connectivity index (χ0n) is 10.5. The van der Waals surface area contributed by atoms with Crippen molar-refractivity contribution in [3.63, 3.8) is 0 Å². The number of rotatable bonds is 1. The molecule has 86 valence electrons. The van der Waals surface area contributed by atoms with Gasteiger partial charge >= 0.3 is 0 Å². The molecule has 3 nitrogen and oxygen atoms in total. The summed E-state index contributed by atoms with van der Waals surface area (Å²) in [5.74, 6) is 0.760. The molecule has 0 N–H and O–H groups in total. The zero-order chi connectivity index (χ0) is 11.7. The first-order valence-electron chi connectivity index (χ1n) is 6.04. The maximum absolute atomic E-state index is 4.51. The zero-order valence-corrected chi connectivity index (χ0v) is 10.5. The molecule has 1 fully saturated rings. The van der Waals surface area contributed by atoms with Gasteiger partial charge in [0, 0.05) is 18.9 Å². The molecule has 0 amide bonds. The fourth-order valence-electron chi connectivity index (χ4n) is 1.95. The molecule has 1 saturated carbocycles. The highest BCUT2D eigenvalue weighted by atomic mass is 15.0. The average molecular weight is 217 g/mol. The van der Waals surface area contributed by atoms with E-state index in [0.717, 1.165) is 22.8 Å². The van der Waals surface area contributed by atoms with E-state index in [4.69, 9.17) is 0 Å². The van der Waals surface area contributed by atoms with Crippen LogP contribution in [-0.4, -0.2) is 14.5 Å². The highest BCUT2D eigenvalue weighted by Gasteiger charge is 2.27. The Morgan fingerprint density at radius 3 is 2.62 bits per heavy atom. The molecular weight excluding hydrogens is 198 g/mol. The van der Waals surface area contributed by atoms with Gasteiger partial charge < -0.3 is 4.57 Å². The van der Waals surface area contributed by atoms with Gasteiger partial charge in [-0.25, -0.2) is 4.98 Å². The maximum Gasteiger partial charge on any atom is 0.158 e. The third-order valence-electron chi connectivity index (χ3n) is 2.89. The lowest BCUT2D eigenvalue weighted by Gasteiger charge is -2.00. The molecule has 1 aliphatic carbocycles. The standard InChI is InChI=1S/C11H13N3.C2H6/c1-7-6-12-9-5-10(8-3-4-8)14(2)11(9)13-7;1-2/h5-6,8H,3-4H2,1-2H3;1-2H3. The molecule has 16 heavy (non-hydrogen) atoms. The second-order valence-corrected chi connectivity index (χ2v) is 4.12. The van der Waals surface area contributed by atoms with Crippen molar-refractivity contribution in [2.75, 3.05) is 0 Å². The SMILES string of the molecule is CC.Cc1cnc2cc(C3CC3)n(C)c2n1. The van der Waals surface area contributed by atoms with Crippen LogP contribution in [0.1, 0.15) is 44.0 Å². The van der Waals surface area contributed by atoms with Gasteiger partial charge in [-0.3, -0.25) is 4.98 Å². The summed E-state index contributed by atoms with van der Waals surface area (Å²) in [4.78, 5) is 8.90. The van der Waals surface area contributed by atoms with E-state index in [1.807, 2.05) is 27.0 Å². The molecule has 2 heterocycles. The number of hydrogen-bond acceptors (Lipinski definition) is 2. The summed E-state index contributed by atoms with van der Waals surface area (Å²) in [6.45, 7) is 5.98. The fraction of sp³-hybridized carbons (Fsp3) is 0.538. The monoisotopic (exact) mass is 217 g/mol. The van der Waals surface area contributed by atoms with Gasteiger partial charge in [-0.1, -0.05) is 13.8 Å². The second-order valence-electron chi connectivity index (χ2n) is 4.12. The molecular formula is C13H19N3. The summed E-state index contributed by atoms with van der Waals surface area (Å²) < 4.78 is 2.19. The highest BCUT2D eigenvalue weighted by Crippen LogP contribution is 2.41. The summed E-state index contributed by atoms with van der Waals surface area (Å²) in [5, 5.41) is 0. The van der Waals surface area contributed by atoms with Crippen LogP contribution in [0.4, 0.5) is 0 Å². The lowest BCUT2D eigenvalue weighted by atomic mass is 10.3. The van der Waals surface area contributed by atoms with E-state index < -0.39 is 0 Å². The molecule has 2 aromatic heterocycles. The Hall–Kier alpha value is -1.38. The predicted molar refractivity (Wildman–Crippen MR) is 66.6 cm³/mol. The van der Waals surface area contributed by atoms with Crippen molar-refractivity contribution in [3.05, 3.63) is 23.7 Å². The molecule has 0 saturated heterocycles. The third kappa shape index (κ3) is 1.82. The Bertz CT molecular complexity index is 495. The number of fused-ring (bicyclic) bond motifs is 1. The second kappa shape index (κ2) is 4.24. The van der Waals surface area contributed by atoms with Crippen LogP contribution in [0.25, 0.3) is 11.2 Å². The van der Waals surface area contributed by atoms with E-state index in [-0.39, 0.29) is 0 Å². The van der Waals surface area contributed by atoms with Gasteiger partial charge in [0.05, 0.1) is 5.69 Å². The molecule has 0 bridgehead atoms. The molecule has 0 aromatic carbocycles. The number of aryl methyl sites for hydroxylation is 2. The maximum atomic E-state index is 4.51. The Morgan fingerprint density at radius 2 is 2.00 bits per heavy atom. The van der Waals surface area contributed by atoms with Crippen molar-refractivity contribution in [2.24, 2.45) is 7.05 Å². The fourth-order valence-corrected chi connectivity index (χ4v) is 1.95. The minimum absolute atomic E-state index is 0.760. The molecule has 0 radical (unpaired) electrons. The highest BCUT2D eigenvalue weighted by molar-refractivity contribution is 5.73. The molecule has 0 spiro atoms. The minimum atomic E-state index is 0.760. The number of hydrogen-bond donors (Lipinski definition) is 0. The van der Waals surface area contributed by atoms with Crippen LogP contribution in [0.15, 0.2) is 12.3 Å². The summed E-state index contributed by atoms with van der Waals surface area (Å²) in [6, 6.07) is 2.18. The first kappa shape index (κ1) is 11.1. The van der Waals surface area contributed by atoms with Crippen LogP contribution in [-0.2, 0) is 7.05 Å². The smallest absolute Gasteiger partial charge is 0.158 e. The lowest BCUT2D eigenvalue weighted by molar-refractivity contribution is 0.844. The third-order valence-corrected chi connectivity index (χ3v) is 2.89. The number of nitrogens with zero attached hydrogens (tertiary/aromatic N) is 3. The molecule has 0 unspecified atom stereocenters. The van der Waals surface area contributed by atoms with Crippen molar-refractivity contribution < 1.29 is 0 Å². The van der Waals surface area contributed by atoms with Crippen LogP contribution in [0.5, 0.6) is 0 Å². The Morgan fingerprint density at radius 1 is 1.31 bits per heavy atom. The Labute approximate surface area is 96.5 Å². The van der Waals surface area contributed by atoms with E-state index in [1.54, 1.807) is 0 Å². The molecule has 3 rings (SSSR count). The van der Waals surface area contributed by atoms with Crippen molar-refractivity contribution in [1.29, 1.82) is 0 Å². The van der Waals surface area contributed by atoms with Gasteiger partial charge in [-0.15, -0.1) is 0 Å². The first-order chi connectivity index (χ1) is 7.75. The molecule has 0 aliphatic heterocycles. The van der Waals surface area contributed by atoms with E-state index >= 15 is 0 Å². The lowest BCUT2D eigenvalue weighted by Crippen LogP contribution is -1.96. The van der Waals surface area contributed by atoms with Gasteiger partial charge in [0.2, 0.25) is 0 Å². The van der Waals surface area contributed by atoms with Crippen molar-refractivity contribution in [2.45, 2.75) is 39.5 Å².